The van der Waals surface area contributed by atoms with Gasteiger partial charge in [0.2, 0.25) is 11.8 Å². The molecule has 2 heterocycles. The molecule has 6 N–H and O–H groups in total. The fourth-order valence-corrected chi connectivity index (χ4v) is 6.54. The molecule has 1 aliphatic carbocycles. The smallest absolute Gasteiger partial charge is 0.248 e. The van der Waals surface area contributed by atoms with Crippen molar-refractivity contribution in [3.63, 3.8) is 0 Å². The van der Waals surface area contributed by atoms with Crippen molar-refractivity contribution in [2.24, 2.45) is 5.92 Å². The van der Waals surface area contributed by atoms with E-state index in [4.69, 9.17) is 16.3 Å². The van der Waals surface area contributed by atoms with E-state index in [0.717, 1.165) is 32.2 Å². The summed E-state index contributed by atoms with van der Waals surface area (Å²) in [7, 11) is 0. The lowest BCUT2D eigenvalue weighted by molar-refractivity contribution is -0.205. The van der Waals surface area contributed by atoms with Gasteiger partial charge in [-0.2, -0.15) is 0 Å². The third-order valence-corrected chi connectivity index (χ3v) is 9.19. The van der Waals surface area contributed by atoms with Crippen LogP contribution in [-0.2, 0) is 9.53 Å². The predicted octanol–water partition coefficient (Wildman–Crippen LogP) is 1.98. The maximum atomic E-state index is 13.3. The summed E-state index contributed by atoms with van der Waals surface area (Å²) in [6, 6.07) is -0.979. The lowest BCUT2D eigenvalue weighted by Crippen LogP contribution is -2.65. The van der Waals surface area contributed by atoms with E-state index in [9.17, 15) is 28.9 Å². The molecule has 8 nitrogen and oxygen atoms in total. The van der Waals surface area contributed by atoms with Gasteiger partial charge in [-0.15, -0.1) is 23.4 Å². The van der Waals surface area contributed by atoms with Crippen molar-refractivity contribution in [2.75, 3.05) is 19.3 Å². The van der Waals surface area contributed by atoms with Crippen molar-refractivity contribution >= 4 is 29.3 Å². The number of halogens is 3. The average molecular weight is 572 g/mol. The van der Waals surface area contributed by atoms with E-state index < -0.39 is 53.2 Å². The molecule has 2 aliphatic heterocycles. The van der Waals surface area contributed by atoms with Gasteiger partial charge in [0, 0.05) is 18.9 Å². The molecule has 216 valence electrons. The largest absolute Gasteiger partial charge is 0.388 e. The topological polar surface area (TPSA) is 123 Å². The van der Waals surface area contributed by atoms with E-state index in [2.05, 4.69) is 16.0 Å². The van der Waals surface area contributed by atoms with Crippen molar-refractivity contribution in [1.29, 1.82) is 0 Å². The Hall–Kier alpha value is -0.270. The molecule has 12 heteroatoms. The number of rotatable bonds is 10. The molecule has 2 saturated heterocycles. The maximum Gasteiger partial charge on any atom is 0.248 e. The molecular weight excluding hydrogens is 528 g/mol. The van der Waals surface area contributed by atoms with Crippen LogP contribution in [0.25, 0.3) is 0 Å². The minimum absolute atomic E-state index is 0.0295. The van der Waals surface area contributed by atoms with Crippen LogP contribution in [-0.4, -0.2) is 99.8 Å². The van der Waals surface area contributed by atoms with Gasteiger partial charge in [0.1, 0.15) is 29.9 Å². The first-order chi connectivity index (χ1) is 17.5. The van der Waals surface area contributed by atoms with E-state index >= 15 is 0 Å². The van der Waals surface area contributed by atoms with E-state index in [1.54, 1.807) is 13.2 Å². The normalized spacial score (nSPS) is 36.9. The molecule has 37 heavy (non-hydrogen) atoms. The van der Waals surface area contributed by atoms with Crippen molar-refractivity contribution in [3.05, 3.63) is 0 Å². The molecule has 1 saturated carbocycles. The Balaban J connectivity index is 1.43. The average Bonchev–Trinajstić information content (AvgIpc) is 3.11. The number of thioether (sulfide) groups is 1. The fourth-order valence-electron chi connectivity index (χ4n) is 5.65. The Morgan fingerprint density at radius 1 is 1.14 bits per heavy atom. The number of amides is 1. The number of alkyl halides is 3. The Morgan fingerprint density at radius 2 is 1.84 bits per heavy atom. The second-order valence-corrected chi connectivity index (χ2v) is 12.5. The molecule has 3 aliphatic rings. The van der Waals surface area contributed by atoms with Crippen LogP contribution in [0.5, 0.6) is 0 Å². The van der Waals surface area contributed by atoms with Crippen molar-refractivity contribution < 1.29 is 33.6 Å². The molecule has 0 radical (unpaired) electrons. The number of aliphatic hydroxyl groups is 3. The number of hydrogen-bond donors (Lipinski definition) is 6. The summed E-state index contributed by atoms with van der Waals surface area (Å²) in [4.78, 5) is 13.1. The number of ether oxygens (including phenoxy) is 1. The molecule has 0 aromatic heterocycles. The van der Waals surface area contributed by atoms with Crippen molar-refractivity contribution in [2.45, 2.75) is 124 Å². The van der Waals surface area contributed by atoms with E-state index in [-0.39, 0.29) is 24.8 Å². The van der Waals surface area contributed by atoms with Gasteiger partial charge in [0.25, 0.3) is 0 Å². The highest BCUT2D eigenvalue weighted by atomic mass is 35.5. The minimum Gasteiger partial charge on any atom is -0.388 e. The van der Waals surface area contributed by atoms with Crippen molar-refractivity contribution in [1.82, 2.24) is 16.0 Å². The summed E-state index contributed by atoms with van der Waals surface area (Å²) in [5.41, 5.74) is -0.747. The quantitative estimate of drug-likeness (QED) is 0.174. The molecular formula is C25H44ClF2N3O5S. The first-order valence-corrected chi connectivity index (χ1v) is 15.3. The first-order valence-electron chi connectivity index (χ1n) is 13.5. The highest BCUT2D eigenvalue weighted by Crippen LogP contribution is 2.33. The fraction of sp³-hybridized carbons (Fsp3) is 0.960. The molecule has 0 spiro atoms. The van der Waals surface area contributed by atoms with Gasteiger partial charge in [0.15, 0.2) is 0 Å². The Labute approximate surface area is 228 Å². The zero-order chi connectivity index (χ0) is 27.2. The minimum atomic E-state index is -2.50. The van der Waals surface area contributed by atoms with Crippen LogP contribution in [0.15, 0.2) is 0 Å². The third kappa shape index (κ3) is 8.86. The number of nitrogens with one attached hydrogen (secondary N) is 3. The Kier molecular flexibility index (Phi) is 12.2. The zero-order valence-corrected chi connectivity index (χ0v) is 23.3. The molecule has 0 bridgehead atoms. The SMILES string of the molecule is CSC1O[C@H]([C@H](NC(=O)C2CC[C@H](CCCNC3CCC(F)(F)CC3)CCN2)[C@H](C)Cl)C(O)C(O)[C@H]1O. The van der Waals surface area contributed by atoms with Crippen molar-refractivity contribution in [3.8, 4) is 0 Å². The highest BCUT2D eigenvalue weighted by Gasteiger charge is 2.48. The summed E-state index contributed by atoms with van der Waals surface area (Å²) >= 11 is 7.59. The van der Waals surface area contributed by atoms with Crippen LogP contribution in [0, 0.1) is 5.92 Å². The van der Waals surface area contributed by atoms with E-state index in [0.29, 0.717) is 31.7 Å². The van der Waals surface area contributed by atoms with Crippen LogP contribution in [0.3, 0.4) is 0 Å². The standard InChI is InChI=1S/C25H44ClF2N3O5S/c1-14(26)18(22-20(33)19(32)21(34)24(36-22)37-2)31-23(35)17-6-5-15(9-13-30-17)4-3-12-29-16-7-10-25(27,28)11-8-16/h14-22,24,29-30,32-34H,3-13H2,1-2H3,(H,31,35)/t14-,15-,17?,18+,19?,20?,21+,22+,24?/m0/s1. The van der Waals surface area contributed by atoms with Crippen LogP contribution in [0.2, 0.25) is 0 Å². The molecule has 4 unspecified atom stereocenters. The third-order valence-electron chi connectivity index (χ3n) is 8.06. The molecule has 3 fully saturated rings. The van der Waals surface area contributed by atoms with Gasteiger partial charge in [-0.05, 0) is 77.1 Å². The summed E-state index contributed by atoms with van der Waals surface area (Å²) in [6.45, 7) is 3.22. The van der Waals surface area contributed by atoms with E-state index in [1.807, 2.05) is 0 Å². The van der Waals surface area contributed by atoms with Crippen LogP contribution in [0.4, 0.5) is 8.78 Å². The molecule has 9 atom stereocenters. The second kappa shape index (κ2) is 14.4. The summed E-state index contributed by atoms with van der Waals surface area (Å²) in [6.07, 6.45) is 2.22. The Morgan fingerprint density at radius 3 is 2.49 bits per heavy atom. The van der Waals surface area contributed by atoms with Gasteiger partial charge >= 0.3 is 0 Å². The number of hydrogen-bond acceptors (Lipinski definition) is 8. The zero-order valence-electron chi connectivity index (χ0n) is 21.8. The number of carbonyl (C=O) groups excluding carboxylic acids is 1. The van der Waals surface area contributed by atoms with Crippen LogP contribution in [0.1, 0.15) is 64.7 Å². The lowest BCUT2D eigenvalue weighted by atomic mass is 9.91. The van der Waals surface area contributed by atoms with Gasteiger partial charge in [-0.3, -0.25) is 4.79 Å². The first kappa shape index (κ1) is 31.3. The van der Waals surface area contributed by atoms with Crippen LogP contribution < -0.4 is 16.0 Å². The summed E-state index contributed by atoms with van der Waals surface area (Å²) < 4.78 is 32.5. The molecule has 3 rings (SSSR count). The lowest BCUT2D eigenvalue weighted by Gasteiger charge is -2.44. The van der Waals surface area contributed by atoms with Crippen LogP contribution >= 0.6 is 23.4 Å². The summed E-state index contributed by atoms with van der Waals surface area (Å²) in [5.74, 6) is -2.25. The maximum absolute atomic E-state index is 13.3. The molecule has 0 aromatic carbocycles. The molecule has 0 aromatic rings. The van der Waals surface area contributed by atoms with Gasteiger partial charge in [-0.1, -0.05) is 0 Å². The Bertz CT molecular complexity index is 716. The molecule has 1 amide bonds. The van der Waals surface area contributed by atoms with Gasteiger partial charge in [-0.25, -0.2) is 8.78 Å². The van der Waals surface area contributed by atoms with Gasteiger partial charge in [0.05, 0.1) is 17.5 Å². The highest BCUT2D eigenvalue weighted by molar-refractivity contribution is 7.99. The number of aliphatic hydroxyl groups excluding tert-OH is 3. The van der Waals surface area contributed by atoms with Gasteiger partial charge < -0.3 is 36.0 Å². The predicted molar refractivity (Wildman–Crippen MR) is 141 cm³/mol. The summed E-state index contributed by atoms with van der Waals surface area (Å²) in [5, 5.41) is 40.0. The number of carbonyl (C=O) groups is 1. The van der Waals surface area contributed by atoms with E-state index in [1.165, 1.54) is 11.8 Å². The second-order valence-electron chi connectivity index (χ2n) is 10.9. The monoisotopic (exact) mass is 571 g/mol.